The van der Waals surface area contributed by atoms with Gasteiger partial charge in [-0.3, -0.25) is 9.59 Å². The molecular formula is C22H22ClN3O4. The number of benzene rings is 2. The van der Waals surface area contributed by atoms with Gasteiger partial charge in [0.15, 0.2) is 17.2 Å². The maximum absolute atomic E-state index is 12.8. The van der Waals surface area contributed by atoms with Gasteiger partial charge in [0.1, 0.15) is 0 Å². The normalized spacial score (nSPS) is 10.5. The summed E-state index contributed by atoms with van der Waals surface area (Å²) in [6.07, 6.45) is 0. The molecule has 0 atom stereocenters. The summed E-state index contributed by atoms with van der Waals surface area (Å²) in [6.45, 7) is 6.41. The van der Waals surface area contributed by atoms with Gasteiger partial charge in [-0.2, -0.15) is 5.10 Å². The highest BCUT2D eigenvalue weighted by Crippen LogP contribution is 2.30. The van der Waals surface area contributed by atoms with Gasteiger partial charge >= 0.3 is 0 Å². The summed E-state index contributed by atoms with van der Waals surface area (Å²) >= 11 is 5.94. The number of carbonyl (C=O) groups is 1. The lowest BCUT2D eigenvalue weighted by atomic mass is 10.2. The fourth-order valence-corrected chi connectivity index (χ4v) is 2.99. The molecule has 0 unspecified atom stereocenters. The van der Waals surface area contributed by atoms with Crippen molar-refractivity contribution in [2.45, 2.75) is 20.8 Å². The van der Waals surface area contributed by atoms with Crippen molar-refractivity contribution in [2.24, 2.45) is 0 Å². The van der Waals surface area contributed by atoms with Crippen molar-refractivity contribution in [3.05, 3.63) is 75.2 Å². The maximum Gasteiger partial charge on any atom is 0.280 e. The Bertz CT molecular complexity index is 1110. The summed E-state index contributed by atoms with van der Waals surface area (Å²) in [5, 5.41) is 7.55. The van der Waals surface area contributed by atoms with E-state index in [-0.39, 0.29) is 5.69 Å². The Labute approximate surface area is 179 Å². The van der Waals surface area contributed by atoms with Crippen LogP contribution in [0.5, 0.6) is 11.5 Å². The third kappa shape index (κ3) is 4.80. The number of hydrogen-bond donors (Lipinski definition) is 1. The van der Waals surface area contributed by atoms with E-state index >= 15 is 0 Å². The average Bonchev–Trinajstić information content (AvgIpc) is 2.71. The van der Waals surface area contributed by atoms with Crippen LogP contribution in [0, 0.1) is 6.92 Å². The molecule has 8 heteroatoms. The van der Waals surface area contributed by atoms with E-state index in [4.69, 9.17) is 21.1 Å². The van der Waals surface area contributed by atoms with Crippen molar-refractivity contribution in [2.75, 3.05) is 18.5 Å². The van der Waals surface area contributed by atoms with E-state index in [1.54, 1.807) is 49.4 Å². The molecule has 1 heterocycles. The molecule has 0 bridgehead atoms. The topological polar surface area (TPSA) is 82.5 Å². The Hall–Kier alpha value is -3.32. The zero-order chi connectivity index (χ0) is 21.7. The van der Waals surface area contributed by atoms with Gasteiger partial charge in [0.05, 0.1) is 18.9 Å². The van der Waals surface area contributed by atoms with E-state index in [0.717, 1.165) is 0 Å². The van der Waals surface area contributed by atoms with Gasteiger partial charge in [-0.1, -0.05) is 11.6 Å². The van der Waals surface area contributed by atoms with Gasteiger partial charge in [0.2, 0.25) is 5.43 Å². The first-order chi connectivity index (χ1) is 14.4. The minimum atomic E-state index is -0.616. The second-order valence-corrected chi connectivity index (χ2v) is 6.80. The number of nitrogens with zero attached hydrogens (tertiary/aromatic N) is 2. The molecule has 0 aliphatic carbocycles. The minimum Gasteiger partial charge on any atom is -0.490 e. The van der Waals surface area contributed by atoms with Gasteiger partial charge < -0.3 is 14.8 Å². The zero-order valence-corrected chi connectivity index (χ0v) is 17.7. The van der Waals surface area contributed by atoms with E-state index in [2.05, 4.69) is 10.4 Å². The number of aromatic nitrogens is 2. The number of ether oxygens (including phenoxy) is 2. The van der Waals surface area contributed by atoms with E-state index in [1.807, 2.05) is 13.8 Å². The number of nitrogens with one attached hydrogen (secondary N) is 1. The lowest BCUT2D eigenvalue weighted by Gasteiger charge is -2.14. The maximum atomic E-state index is 12.8. The molecule has 0 fully saturated rings. The first kappa shape index (κ1) is 21.4. The summed E-state index contributed by atoms with van der Waals surface area (Å²) in [5.74, 6) is 0.470. The molecule has 1 aromatic heterocycles. The van der Waals surface area contributed by atoms with Crippen LogP contribution in [-0.2, 0) is 0 Å². The SMILES string of the molecule is CCOc1ccc(NC(=O)c2nn(-c3ccc(Cl)cc3)c(C)cc2=O)cc1OCC. The van der Waals surface area contributed by atoms with Gasteiger partial charge in [0.25, 0.3) is 5.91 Å². The number of halogens is 1. The van der Waals surface area contributed by atoms with Crippen molar-refractivity contribution in [3.63, 3.8) is 0 Å². The van der Waals surface area contributed by atoms with Crippen LogP contribution in [-0.4, -0.2) is 28.9 Å². The van der Waals surface area contributed by atoms with Crippen molar-refractivity contribution in [3.8, 4) is 17.2 Å². The number of carbonyl (C=O) groups excluding carboxylic acids is 1. The van der Waals surface area contributed by atoms with E-state index in [0.29, 0.717) is 46.8 Å². The van der Waals surface area contributed by atoms with Gasteiger partial charge in [-0.25, -0.2) is 4.68 Å². The standard InChI is InChI=1S/C22H22ClN3O4/c1-4-29-19-11-8-16(13-20(19)30-5-2)24-22(28)21-18(27)12-14(3)26(25-21)17-9-6-15(23)7-10-17/h6-13H,4-5H2,1-3H3,(H,24,28). The highest BCUT2D eigenvalue weighted by atomic mass is 35.5. The van der Waals surface area contributed by atoms with Crippen molar-refractivity contribution >= 4 is 23.2 Å². The largest absolute Gasteiger partial charge is 0.490 e. The van der Waals surface area contributed by atoms with Crippen LogP contribution in [0.15, 0.2) is 53.3 Å². The lowest BCUT2D eigenvalue weighted by Crippen LogP contribution is -2.26. The first-order valence-corrected chi connectivity index (χ1v) is 9.88. The predicted molar refractivity (Wildman–Crippen MR) is 116 cm³/mol. The van der Waals surface area contributed by atoms with Crippen LogP contribution in [0.2, 0.25) is 5.02 Å². The van der Waals surface area contributed by atoms with Crippen LogP contribution in [0.3, 0.4) is 0 Å². The molecule has 1 N–H and O–H groups in total. The van der Waals surface area contributed by atoms with Crippen LogP contribution in [0.4, 0.5) is 5.69 Å². The van der Waals surface area contributed by atoms with Gasteiger partial charge in [0, 0.05) is 28.5 Å². The number of rotatable bonds is 7. The Balaban J connectivity index is 1.92. The Morgan fingerprint density at radius 2 is 1.70 bits per heavy atom. The monoisotopic (exact) mass is 427 g/mol. The molecule has 0 radical (unpaired) electrons. The highest BCUT2D eigenvalue weighted by molar-refractivity contribution is 6.30. The lowest BCUT2D eigenvalue weighted by molar-refractivity contribution is 0.101. The van der Waals surface area contributed by atoms with Crippen molar-refractivity contribution in [1.29, 1.82) is 0 Å². The van der Waals surface area contributed by atoms with Gasteiger partial charge in [-0.15, -0.1) is 0 Å². The molecule has 0 aliphatic heterocycles. The summed E-state index contributed by atoms with van der Waals surface area (Å²) in [7, 11) is 0. The van der Waals surface area contributed by atoms with Crippen LogP contribution in [0.25, 0.3) is 5.69 Å². The minimum absolute atomic E-state index is 0.220. The Morgan fingerprint density at radius 1 is 1.03 bits per heavy atom. The summed E-state index contributed by atoms with van der Waals surface area (Å²) < 4.78 is 12.6. The molecule has 0 aliphatic rings. The van der Waals surface area contributed by atoms with Crippen LogP contribution >= 0.6 is 11.6 Å². The zero-order valence-electron chi connectivity index (χ0n) is 16.9. The second kappa shape index (κ2) is 9.45. The van der Waals surface area contributed by atoms with Gasteiger partial charge in [-0.05, 0) is 57.2 Å². The fourth-order valence-electron chi connectivity index (χ4n) is 2.87. The van der Waals surface area contributed by atoms with Crippen molar-refractivity contribution < 1.29 is 14.3 Å². The summed E-state index contributed by atoms with van der Waals surface area (Å²) in [4.78, 5) is 25.2. The van der Waals surface area contributed by atoms with E-state index in [1.165, 1.54) is 10.7 Å². The summed E-state index contributed by atoms with van der Waals surface area (Å²) in [5.41, 5.74) is 1.06. The molecule has 0 saturated heterocycles. The Kier molecular flexibility index (Phi) is 6.74. The fraction of sp³-hybridized carbons (Fsp3) is 0.227. The third-order valence-corrected chi connectivity index (χ3v) is 4.45. The Morgan fingerprint density at radius 3 is 2.37 bits per heavy atom. The van der Waals surface area contributed by atoms with E-state index < -0.39 is 11.3 Å². The molecular weight excluding hydrogens is 406 g/mol. The molecule has 3 rings (SSSR count). The summed E-state index contributed by atoms with van der Waals surface area (Å²) in [6, 6.07) is 13.4. The highest BCUT2D eigenvalue weighted by Gasteiger charge is 2.17. The average molecular weight is 428 g/mol. The smallest absolute Gasteiger partial charge is 0.280 e. The molecule has 2 aromatic carbocycles. The number of aryl methyl sites for hydroxylation is 1. The second-order valence-electron chi connectivity index (χ2n) is 6.37. The molecule has 7 nitrogen and oxygen atoms in total. The molecule has 3 aromatic rings. The van der Waals surface area contributed by atoms with E-state index in [9.17, 15) is 9.59 Å². The third-order valence-electron chi connectivity index (χ3n) is 4.19. The molecule has 30 heavy (non-hydrogen) atoms. The molecule has 0 spiro atoms. The predicted octanol–water partition coefficient (Wildman–Crippen LogP) is 4.24. The number of amides is 1. The quantitative estimate of drug-likeness (QED) is 0.609. The first-order valence-electron chi connectivity index (χ1n) is 9.50. The molecule has 1 amide bonds. The van der Waals surface area contributed by atoms with Crippen molar-refractivity contribution in [1.82, 2.24) is 9.78 Å². The number of anilines is 1. The van der Waals surface area contributed by atoms with Crippen LogP contribution in [0.1, 0.15) is 30.0 Å². The molecule has 156 valence electrons. The number of hydrogen-bond acceptors (Lipinski definition) is 5. The van der Waals surface area contributed by atoms with Crippen LogP contribution < -0.4 is 20.2 Å². The molecule has 0 saturated carbocycles.